The summed E-state index contributed by atoms with van der Waals surface area (Å²) in [5.41, 5.74) is 0.148. The van der Waals surface area contributed by atoms with Gasteiger partial charge in [-0.25, -0.2) is 8.42 Å². The summed E-state index contributed by atoms with van der Waals surface area (Å²) in [7, 11) is -3.65. The van der Waals surface area contributed by atoms with Crippen molar-refractivity contribution >= 4 is 15.9 Å². The molecule has 4 unspecified atom stereocenters. The van der Waals surface area contributed by atoms with E-state index in [0.717, 1.165) is 49.9 Å². The fraction of sp³-hybridized carbons (Fsp3) is 0.696. The Balaban J connectivity index is 1.17. The third kappa shape index (κ3) is 2.28. The number of amides is 1. The molecule has 1 aromatic carbocycles. The summed E-state index contributed by atoms with van der Waals surface area (Å²) >= 11 is 0. The highest BCUT2D eigenvalue weighted by atomic mass is 32.2. The Labute approximate surface area is 178 Å². The SMILES string of the molecule is O=C(NCC1CCCCN1S(=O)(=O)c1ccc(O)cc1)C12C[C@H]3CC4C[C@@H](C1)C32C4. The van der Waals surface area contributed by atoms with Crippen LogP contribution in [0.3, 0.4) is 0 Å². The van der Waals surface area contributed by atoms with Crippen molar-refractivity contribution in [2.75, 3.05) is 13.1 Å². The van der Waals surface area contributed by atoms with Gasteiger partial charge in [-0.1, -0.05) is 6.42 Å². The minimum Gasteiger partial charge on any atom is -0.508 e. The number of carbonyl (C=O) groups excluding carboxylic acids is 1. The summed E-state index contributed by atoms with van der Waals surface area (Å²) in [4.78, 5) is 13.5. The van der Waals surface area contributed by atoms with Crippen molar-refractivity contribution < 1.29 is 18.3 Å². The second kappa shape index (κ2) is 6.22. The van der Waals surface area contributed by atoms with E-state index in [1.54, 1.807) is 4.31 Å². The van der Waals surface area contributed by atoms with Crippen molar-refractivity contribution in [2.24, 2.45) is 28.6 Å². The molecular weight excluding hydrogens is 400 g/mol. The van der Waals surface area contributed by atoms with Crippen molar-refractivity contribution in [3.05, 3.63) is 24.3 Å². The number of benzene rings is 1. The van der Waals surface area contributed by atoms with E-state index >= 15 is 0 Å². The van der Waals surface area contributed by atoms with E-state index in [-0.39, 0.29) is 28.0 Å². The van der Waals surface area contributed by atoms with E-state index in [1.807, 2.05) is 0 Å². The largest absolute Gasteiger partial charge is 0.508 e. The average Bonchev–Trinajstić information content (AvgIpc) is 3.24. The van der Waals surface area contributed by atoms with Crippen LogP contribution >= 0.6 is 0 Å². The van der Waals surface area contributed by atoms with Crippen LogP contribution in [0.25, 0.3) is 0 Å². The smallest absolute Gasteiger partial charge is 0.243 e. The van der Waals surface area contributed by atoms with Gasteiger partial charge in [0.15, 0.2) is 0 Å². The van der Waals surface area contributed by atoms with Gasteiger partial charge >= 0.3 is 0 Å². The summed E-state index contributed by atoms with van der Waals surface area (Å²) in [5.74, 6) is 2.61. The van der Waals surface area contributed by atoms with Gasteiger partial charge in [0.1, 0.15) is 5.75 Å². The van der Waals surface area contributed by atoms with E-state index < -0.39 is 10.0 Å². The summed E-state index contributed by atoms with van der Waals surface area (Å²) in [6, 6.07) is 5.51. The molecule has 4 aliphatic carbocycles. The number of fused-ring (bicyclic) bond motifs is 1. The van der Waals surface area contributed by atoms with Crippen LogP contribution in [0.5, 0.6) is 5.75 Å². The molecule has 1 aromatic rings. The zero-order valence-electron chi connectivity index (χ0n) is 17.2. The molecule has 1 saturated heterocycles. The molecule has 5 fully saturated rings. The maximum atomic E-state index is 13.3. The van der Waals surface area contributed by atoms with Crippen molar-refractivity contribution in [1.29, 1.82) is 0 Å². The zero-order chi connectivity index (χ0) is 20.7. The number of phenols is 1. The zero-order valence-corrected chi connectivity index (χ0v) is 18.0. The summed E-state index contributed by atoms with van der Waals surface area (Å²) in [5, 5.41) is 12.7. The average molecular weight is 431 g/mol. The second-order valence-electron chi connectivity index (χ2n) is 10.4. The van der Waals surface area contributed by atoms with E-state index in [0.29, 0.717) is 18.5 Å². The molecule has 30 heavy (non-hydrogen) atoms. The number of rotatable bonds is 5. The maximum absolute atomic E-state index is 13.3. The number of sulfonamides is 1. The predicted octanol–water partition coefficient (Wildman–Crippen LogP) is 2.88. The van der Waals surface area contributed by atoms with Gasteiger partial charge in [0, 0.05) is 19.1 Å². The molecule has 2 N–H and O–H groups in total. The number of piperidine rings is 1. The molecule has 6 atom stereocenters. The van der Waals surface area contributed by atoms with Crippen molar-refractivity contribution in [3.8, 4) is 5.75 Å². The van der Waals surface area contributed by atoms with E-state index in [1.165, 1.54) is 43.5 Å². The van der Waals surface area contributed by atoms with Gasteiger partial charge in [-0.3, -0.25) is 4.79 Å². The Morgan fingerprint density at radius 1 is 1.10 bits per heavy atom. The van der Waals surface area contributed by atoms with Gasteiger partial charge in [-0.15, -0.1) is 0 Å². The molecule has 6 nitrogen and oxygen atoms in total. The number of phenolic OH excluding ortho intramolecular Hbond substituents is 1. The normalized spacial score (nSPS) is 41.6. The first kappa shape index (κ1) is 19.1. The molecule has 0 radical (unpaired) electrons. The lowest BCUT2D eigenvalue weighted by Gasteiger charge is -2.73. The van der Waals surface area contributed by atoms with Crippen LogP contribution in [0.4, 0.5) is 0 Å². The summed E-state index contributed by atoms with van der Waals surface area (Å²) < 4.78 is 28.0. The molecule has 1 aliphatic heterocycles. The van der Waals surface area contributed by atoms with Crippen LogP contribution in [-0.4, -0.2) is 42.9 Å². The highest BCUT2D eigenvalue weighted by Crippen LogP contribution is 2.86. The van der Waals surface area contributed by atoms with Gasteiger partial charge in [0.25, 0.3) is 0 Å². The van der Waals surface area contributed by atoms with Gasteiger partial charge in [0.2, 0.25) is 15.9 Å². The first-order valence-electron chi connectivity index (χ1n) is 11.5. The Morgan fingerprint density at radius 3 is 2.47 bits per heavy atom. The maximum Gasteiger partial charge on any atom is 0.243 e. The fourth-order valence-corrected chi connectivity index (χ4v) is 9.90. The molecule has 6 rings (SSSR count). The quantitative estimate of drug-likeness (QED) is 0.752. The number of hydrogen-bond donors (Lipinski definition) is 2. The van der Waals surface area contributed by atoms with Crippen molar-refractivity contribution in [1.82, 2.24) is 9.62 Å². The molecular formula is C23H30N2O4S. The lowest BCUT2D eigenvalue weighted by Crippen LogP contribution is -2.73. The molecule has 5 aliphatic rings. The highest BCUT2D eigenvalue weighted by molar-refractivity contribution is 7.89. The predicted molar refractivity (Wildman–Crippen MR) is 111 cm³/mol. The molecule has 1 spiro atoms. The molecule has 7 heteroatoms. The molecule has 0 aromatic heterocycles. The third-order valence-corrected chi connectivity index (χ3v) is 11.3. The van der Waals surface area contributed by atoms with Crippen LogP contribution in [0.15, 0.2) is 29.2 Å². The van der Waals surface area contributed by atoms with Gasteiger partial charge in [0.05, 0.1) is 10.3 Å². The molecule has 162 valence electrons. The Hall–Kier alpha value is -1.60. The van der Waals surface area contributed by atoms with Crippen LogP contribution in [0, 0.1) is 28.6 Å². The van der Waals surface area contributed by atoms with E-state index in [2.05, 4.69) is 5.32 Å². The third-order valence-electron chi connectivity index (χ3n) is 9.35. The number of nitrogens with one attached hydrogen (secondary N) is 1. The minimum absolute atomic E-state index is 0.0497. The molecule has 2 bridgehead atoms. The van der Waals surface area contributed by atoms with E-state index in [4.69, 9.17) is 0 Å². The number of aromatic hydroxyl groups is 1. The van der Waals surface area contributed by atoms with Crippen LogP contribution < -0.4 is 5.32 Å². The van der Waals surface area contributed by atoms with Crippen molar-refractivity contribution in [3.63, 3.8) is 0 Å². The van der Waals surface area contributed by atoms with Gasteiger partial charge in [-0.2, -0.15) is 4.31 Å². The lowest BCUT2D eigenvalue weighted by molar-refractivity contribution is -0.249. The van der Waals surface area contributed by atoms with Crippen LogP contribution in [0.1, 0.15) is 51.4 Å². The number of hydrogen-bond acceptors (Lipinski definition) is 4. The monoisotopic (exact) mass is 430 g/mol. The summed E-state index contributed by atoms with van der Waals surface area (Å²) in [6.07, 6.45) is 8.57. The first-order valence-corrected chi connectivity index (χ1v) is 12.9. The fourth-order valence-electron chi connectivity index (χ4n) is 8.21. The number of carbonyl (C=O) groups is 1. The van der Waals surface area contributed by atoms with Crippen LogP contribution in [-0.2, 0) is 14.8 Å². The van der Waals surface area contributed by atoms with Gasteiger partial charge < -0.3 is 10.4 Å². The second-order valence-corrected chi connectivity index (χ2v) is 12.3. The lowest BCUT2D eigenvalue weighted by atomic mass is 9.30. The molecule has 1 heterocycles. The highest BCUT2D eigenvalue weighted by Gasteiger charge is 2.83. The van der Waals surface area contributed by atoms with Crippen molar-refractivity contribution in [2.45, 2.75) is 62.3 Å². The summed E-state index contributed by atoms with van der Waals surface area (Å²) in [6.45, 7) is 0.872. The standard InChI is InChI=1S/C23H30N2O4S/c26-19-4-6-20(7-5-19)30(28,29)25-8-2-1-3-18(25)14-24-21(27)22-12-16-9-15-10-17(13-22)23(16,22)11-15/h4-7,15-18,26H,1-3,8-14H2,(H,24,27)/t15?,16-,17+,18?,22?,23?. The molecule has 1 amide bonds. The Morgan fingerprint density at radius 2 is 1.80 bits per heavy atom. The minimum atomic E-state index is -3.65. The van der Waals surface area contributed by atoms with E-state index in [9.17, 15) is 18.3 Å². The van der Waals surface area contributed by atoms with Crippen LogP contribution in [0.2, 0.25) is 0 Å². The Bertz CT molecular complexity index is 973. The first-order chi connectivity index (χ1) is 14.4. The Kier molecular flexibility index (Phi) is 3.96. The topological polar surface area (TPSA) is 86.7 Å². The molecule has 4 saturated carbocycles. The van der Waals surface area contributed by atoms with Gasteiger partial charge in [-0.05, 0) is 92.4 Å². The number of nitrogens with zero attached hydrogens (tertiary/aromatic N) is 1.